The number of imidazole rings is 1. The van der Waals surface area contributed by atoms with Crippen molar-refractivity contribution in [2.75, 3.05) is 11.9 Å². The molecule has 1 saturated heterocycles. The molecule has 1 aliphatic carbocycles. The zero-order chi connectivity index (χ0) is 29.7. The van der Waals surface area contributed by atoms with Crippen LogP contribution in [-0.2, 0) is 4.74 Å². The van der Waals surface area contributed by atoms with Gasteiger partial charge in [-0.2, -0.15) is 4.98 Å². The van der Waals surface area contributed by atoms with Crippen LogP contribution in [0.25, 0.3) is 43.5 Å². The maximum Gasteiger partial charge on any atom is 0.280 e. The second-order valence-corrected chi connectivity index (χ2v) is 11.3. The lowest BCUT2D eigenvalue weighted by Gasteiger charge is -2.38. The van der Waals surface area contributed by atoms with Crippen molar-refractivity contribution in [1.82, 2.24) is 19.5 Å². The lowest BCUT2D eigenvalue weighted by Crippen LogP contribution is -2.44. The van der Waals surface area contributed by atoms with E-state index in [2.05, 4.69) is 20.3 Å². The van der Waals surface area contributed by atoms with E-state index in [0.717, 1.165) is 32.3 Å². The highest BCUT2D eigenvalue weighted by Crippen LogP contribution is 2.46. The third-order valence-electron chi connectivity index (χ3n) is 8.88. The highest BCUT2D eigenvalue weighted by Gasteiger charge is 2.45. The molecule has 8 atom stereocenters. The van der Waals surface area contributed by atoms with E-state index >= 15 is 0 Å². The van der Waals surface area contributed by atoms with E-state index in [1.165, 1.54) is 10.9 Å². The number of aliphatic hydroxyl groups excluding tert-OH is 6. The number of fused-ring (bicyclic) bond motifs is 3. The number of rotatable bonds is 4. The van der Waals surface area contributed by atoms with E-state index in [-0.39, 0.29) is 17.1 Å². The van der Waals surface area contributed by atoms with Crippen molar-refractivity contribution in [3.8, 4) is 0 Å². The molecule has 3 heterocycles. The molecule has 0 spiro atoms. The van der Waals surface area contributed by atoms with Crippen LogP contribution >= 0.6 is 0 Å². The molecular weight excluding hydrogens is 558 g/mol. The number of aromatic nitrogens is 4. The fourth-order valence-electron chi connectivity index (χ4n) is 6.78. The standard InChI is InChI=1S/C30H27N5O8/c36-9-16-23(38)26(41)29(43-16)35-10-31-21-27(35)33-30(34-28(21)42)32-20-19-14-7-6-12-3-1-2-11-4-5-13(18(14)17(11)12)8-15(19)22(37)25(40)24(20)39/h1-8,10,16,20,22-26,29,36-41H,9H2,(H2,32,33,34,42)/t16-,20-,22+,23-,24-,25-,26-,29-/m1/s1. The number of hydrogen-bond acceptors (Lipinski definition) is 11. The van der Waals surface area contributed by atoms with Crippen LogP contribution in [-0.4, -0.2) is 87.3 Å². The summed E-state index contributed by atoms with van der Waals surface area (Å²) in [4.78, 5) is 24.3. The maximum atomic E-state index is 13.1. The van der Waals surface area contributed by atoms with Crippen LogP contribution in [0.5, 0.6) is 0 Å². The summed E-state index contributed by atoms with van der Waals surface area (Å²) in [6.45, 7) is -0.530. The van der Waals surface area contributed by atoms with Gasteiger partial charge in [-0.15, -0.1) is 0 Å². The Bertz CT molecular complexity index is 2080. The van der Waals surface area contributed by atoms with Gasteiger partial charge in [0.2, 0.25) is 5.95 Å². The van der Waals surface area contributed by atoms with Crippen LogP contribution in [0, 0.1) is 0 Å². The van der Waals surface area contributed by atoms with Gasteiger partial charge in [0, 0.05) is 0 Å². The summed E-state index contributed by atoms with van der Waals surface area (Å²) in [7, 11) is 0. The summed E-state index contributed by atoms with van der Waals surface area (Å²) in [6, 6.07) is 14.7. The highest BCUT2D eigenvalue weighted by molar-refractivity contribution is 6.24. The van der Waals surface area contributed by atoms with Crippen LogP contribution in [0.4, 0.5) is 5.95 Å². The first-order valence-electron chi connectivity index (χ1n) is 13.9. The first-order valence-corrected chi connectivity index (χ1v) is 13.9. The fraction of sp³-hybridized carbons (Fsp3) is 0.300. The van der Waals surface area contributed by atoms with Crippen LogP contribution in [0.15, 0.2) is 59.7 Å². The molecule has 43 heavy (non-hydrogen) atoms. The fourth-order valence-corrected chi connectivity index (χ4v) is 6.78. The lowest BCUT2D eigenvalue weighted by molar-refractivity contribution is -0.0767. The number of nitrogens with zero attached hydrogens (tertiary/aromatic N) is 3. The Morgan fingerprint density at radius 3 is 2.40 bits per heavy atom. The molecule has 0 unspecified atom stereocenters. The van der Waals surface area contributed by atoms with Gasteiger partial charge in [-0.1, -0.05) is 42.5 Å². The van der Waals surface area contributed by atoms with Crippen LogP contribution < -0.4 is 10.9 Å². The Kier molecular flexibility index (Phi) is 5.77. The number of anilines is 1. The number of ether oxygens (including phenoxy) is 1. The van der Waals surface area contributed by atoms with Gasteiger partial charge < -0.3 is 40.7 Å². The summed E-state index contributed by atoms with van der Waals surface area (Å²) in [5, 5.41) is 72.3. The predicted molar refractivity (Wildman–Crippen MR) is 155 cm³/mol. The number of aromatic amines is 1. The first kappa shape index (κ1) is 26.4. The molecule has 0 amide bonds. The zero-order valence-corrected chi connectivity index (χ0v) is 22.4. The van der Waals surface area contributed by atoms with Crippen LogP contribution in [0.1, 0.15) is 29.5 Å². The molecule has 4 aromatic carbocycles. The molecule has 8 N–H and O–H groups in total. The average Bonchev–Trinajstić information content (AvgIpc) is 3.56. The molecular formula is C30H27N5O8. The van der Waals surface area contributed by atoms with Crippen molar-refractivity contribution in [3.63, 3.8) is 0 Å². The van der Waals surface area contributed by atoms with Gasteiger partial charge in [0.1, 0.15) is 36.6 Å². The molecule has 13 nitrogen and oxygen atoms in total. The number of aliphatic hydroxyl groups is 6. The summed E-state index contributed by atoms with van der Waals surface area (Å²) >= 11 is 0. The van der Waals surface area contributed by atoms with Gasteiger partial charge in [0.05, 0.1) is 19.0 Å². The number of benzene rings is 4. The Hall–Kier alpha value is -4.21. The Balaban J connectivity index is 1.29. The molecule has 1 aliphatic heterocycles. The quantitative estimate of drug-likeness (QED) is 0.134. The molecule has 13 heteroatoms. The minimum atomic E-state index is -1.54. The minimum Gasteiger partial charge on any atom is -0.394 e. The summed E-state index contributed by atoms with van der Waals surface area (Å²) < 4.78 is 6.90. The lowest BCUT2D eigenvalue weighted by atomic mass is 9.77. The van der Waals surface area contributed by atoms with Gasteiger partial charge in [-0.25, -0.2) is 4.98 Å². The molecule has 0 radical (unpaired) electrons. The Morgan fingerprint density at radius 1 is 0.907 bits per heavy atom. The van der Waals surface area contributed by atoms with Gasteiger partial charge in [-0.05, 0) is 49.5 Å². The smallest absolute Gasteiger partial charge is 0.280 e. The molecule has 0 bridgehead atoms. The molecule has 220 valence electrons. The molecule has 8 rings (SSSR count). The Labute approximate surface area is 241 Å². The van der Waals surface area contributed by atoms with Crippen molar-refractivity contribution in [3.05, 3.63) is 76.3 Å². The zero-order valence-electron chi connectivity index (χ0n) is 22.4. The van der Waals surface area contributed by atoms with E-state index in [1.807, 2.05) is 48.5 Å². The molecule has 6 aromatic rings. The van der Waals surface area contributed by atoms with Crippen molar-refractivity contribution in [1.29, 1.82) is 0 Å². The first-order chi connectivity index (χ1) is 20.8. The monoisotopic (exact) mass is 585 g/mol. The molecule has 0 saturated carbocycles. The van der Waals surface area contributed by atoms with E-state index in [4.69, 9.17) is 4.74 Å². The predicted octanol–water partition coefficient (Wildman–Crippen LogP) is 0.550. The SMILES string of the molecule is O=c1[nH]c(N[C@@H]2c3c(cc4ccc5cccc6ccc3c4c56)[C@H](O)[C@@H](O)[C@@H]2O)nc2c1ncn2[C@@H]1O[C@H](CO)[C@@H](O)[C@H]1O. The van der Waals surface area contributed by atoms with Gasteiger partial charge in [0.25, 0.3) is 5.56 Å². The normalized spacial score (nSPS) is 29.3. The van der Waals surface area contributed by atoms with E-state index in [0.29, 0.717) is 11.1 Å². The average molecular weight is 586 g/mol. The second-order valence-electron chi connectivity index (χ2n) is 11.3. The minimum absolute atomic E-state index is 0.0163. The number of hydrogen-bond donors (Lipinski definition) is 8. The van der Waals surface area contributed by atoms with Crippen molar-refractivity contribution < 1.29 is 35.4 Å². The molecule has 2 aliphatic rings. The summed E-state index contributed by atoms with van der Waals surface area (Å²) in [5.74, 6) is -0.0738. The number of nitrogens with one attached hydrogen (secondary N) is 2. The third-order valence-corrected chi connectivity index (χ3v) is 8.88. The molecule has 1 fully saturated rings. The van der Waals surface area contributed by atoms with Crippen LogP contribution in [0.2, 0.25) is 0 Å². The largest absolute Gasteiger partial charge is 0.394 e. The summed E-state index contributed by atoms with van der Waals surface area (Å²) in [5.41, 5.74) is 0.311. The van der Waals surface area contributed by atoms with Crippen molar-refractivity contribution >= 4 is 49.4 Å². The highest BCUT2D eigenvalue weighted by atomic mass is 16.6. The van der Waals surface area contributed by atoms with Crippen molar-refractivity contribution in [2.45, 2.75) is 48.9 Å². The molecule has 2 aromatic heterocycles. The van der Waals surface area contributed by atoms with E-state index in [9.17, 15) is 35.4 Å². The Morgan fingerprint density at radius 2 is 1.65 bits per heavy atom. The third kappa shape index (κ3) is 3.67. The summed E-state index contributed by atoms with van der Waals surface area (Å²) in [6.07, 6.45) is -8.19. The van der Waals surface area contributed by atoms with Gasteiger partial charge in [0.15, 0.2) is 17.4 Å². The van der Waals surface area contributed by atoms with E-state index in [1.54, 1.807) is 0 Å². The van der Waals surface area contributed by atoms with E-state index < -0.39 is 61.1 Å². The maximum absolute atomic E-state index is 13.1. The number of H-pyrrole nitrogens is 1. The van der Waals surface area contributed by atoms with Crippen LogP contribution in [0.3, 0.4) is 0 Å². The van der Waals surface area contributed by atoms with Gasteiger partial charge >= 0.3 is 0 Å². The van der Waals surface area contributed by atoms with Gasteiger partial charge in [-0.3, -0.25) is 14.3 Å². The second kappa shape index (κ2) is 9.39. The topological polar surface area (TPSA) is 206 Å². The van der Waals surface area contributed by atoms with Crippen molar-refractivity contribution in [2.24, 2.45) is 0 Å².